The van der Waals surface area contributed by atoms with Gasteiger partial charge in [-0.3, -0.25) is 0 Å². The van der Waals surface area contributed by atoms with Crippen LogP contribution in [0.5, 0.6) is 0 Å². The molecular formula is C39H26N2S. The van der Waals surface area contributed by atoms with E-state index in [-0.39, 0.29) is 0 Å². The van der Waals surface area contributed by atoms with Crippen molar-refractivity contribution in [3.05, 3.63) is 158 Å². The second kappa shape index (κ2) is 10.3. The van der Waals surface area contributed by atoms with Crippen LogP contribution in [0, 0.1) is 0 Å². The van der Waals surface area contributed by atoms with Gasteiger partial charge < -0.3 is 4.90 Å². The van der Waals surface area contributed by atoms with E-state index in [1.165, 1.54) is 37.4 Å². The number of benzene rings is 7. The highest BCUT2D eigenvalue weighted by molar-refractivity contribution is 7.22. The Hall–Kier alpha value is -5.25. The third-order valence-electron chi connectivity index (χ3n) is 7.89. The van der Waals surface area contributed by atoms with Crippen LogP contribution < -0.4 is 4.90 Å². The predicted octanol–water partition coefficient (Wildman–Crippen LogP) is 11.4. The average Bonchev–Trinajstić information content (AvgIpc) is 3.53. The molecule has 0 fully saturated rings. The van der Waals surface area contributed by atoms with Crippen LogP contribution in [0.4, 0.5) is 17.1 Å². The first-order valence-corrected chi connectivity index (χ1v) is 15.0. The number of aromatic nitrogens is 1. The zero-order valence-electron chi connectivity index (χ0n) is 22.8. The monoisotopic (exact) mass is 554 g/mol. The Kier molecular flexibility index (Phi) is 6.02. The minimum absolute atomic E-state index is 1.04. The van der Waals surface area contributed by atoms with Crippen LogP contribution in [-0.2, 0) is 0 Å². The molecule has 8 rings (SSSR count). The van der Waals surface area contributed by atoms with Gasteiger partial charge in [-0.05, 0) is 70.4 Å². The summed E-state index contributed by atoms with van der Waals surface area (Å²) in [5, 5.41) is 6.05. The third-order valence-corrected chi connectivity index (χ3v) is 9.03. The third kappa shape index (κ3) is 4.23. The van der Waals surface area contributed by atoms with E-state index in [2.05, 4.69) is 163 Å². The Morgan fingerprint density at radius 3 is 1.48 bits per heavy atom. The number of hydrogen-bond acceptors (Lipinski definition) is 3. The van der Waals surface area contributed by atoms with Crippen LogP contribution in [0.15, 0.2) is 158 Å². The lowest BCUT2D eigenvalue weighted by Crippen LogP contribution is -2.09. The normalized spacial score (nSPS) is 11.3. The van der Waals surface area contributed by atoms with E-state index in [0.717, 1.165) is 33.1 Å². The van der Waals surface area contributed by atoms with Crippen LogP contribution in [-0.4, -0.2) is 4.98 Å². The van der Waals surface area contributed by atoms with Gasteiger partial charge in [-0.2, -0.15) is 0 Å². The fourth-order valence-electron chi connectivity index (χ4n) is 5.86. The minimum Gasteiger partial charge on any atom is -0.311 e. The Bertz CT molecular complexity index is 2090. The Labute approximate surface area is 248 Å². The first-order chi connectivity index (χ1) is 20.8. The Morgan fingerprint density at radius 2 is 0.833 bits per heavy atom. The molecular weight excluding hydrogens is 529 g/mol. The molecule has 0 N–H and O–H groups in total. The van der Waals surface area contributed by atoms with Crippen molar-refractivity contribution in [1.29, 1.82) is 0 Å². The largest absolute Gasteiger partial charge is 0.311 e. The zero-order valence-corrected chi connectivity index (χ0v) is 23.6. The van der Waals surface area contributed by atoms with Gasteiger partial charge in [0.05, 0.1) is 10.2 Å². The molecule has 0 saturated carbocycles. The number of rotatable bonds is 5. The number of anilines is 3. The molecule has 0 radical (unpaired) electrons. The molecule has 2 nitrogen and oxygen atoms in total. The summed E-state index contributed by atoms with van der Waals surface area (Å²) >= 11 is 1.78. The average molecular weight is 555 g/mol. The van der Waals surface area contributed by atoms with E-state index in [1.807, 2.05) is 0 Å². The van der Waals surface area contributed by atoms with E-state index in [4.69, 9.17) is 4.98 Å². The summed E-state index contributed by atoms with van der Waals surface area (Å²) < 4.78 is 1.24. The molecule has 198 valence electrons. The van der Waals surface area contributed by atoms with Crippen molar-refractivity contribution in [2.24, 2.45) is 0 Å². The second-order valence-corrected chi connectivity index (χ2v) is 11.4. The van der Waals surface area contributed by atoms with Gasteiger partial charge in [0.1, 0.15) is 5.01 Å². The first kappa shape index (κ1) is 24.5. The number of thiazole rings is 1. The Morgan fingerprint density at radius 1 is 0.381 bits per heavy atom. The summed E-state index contributed by atoms with van der Waals surface area (Å²) in [5.74, 6) is 0. The fraction of sp³-hybridized carbons (Fsp3) is 0. The lowest BCUT2D eigenvalue weighted by molar-refractivity contribution is 1.28. The quantitative estimate of drug-likeness (QED) is 0.197. The van der Waals surface area contributed by atoms with Crippen LogP contribution in [0.3, 0.4) is 0 Å². The maximum absolute atomic E-state index is 5.20. The van der Waals surface area contributed by atoms with Gasteiger partial charge in [-0.1, -0.05) is 109 Å². The van der Waals surface area contributed by atoms with Crippen LogP contribution in [0.1, 0.15) is 0 Å². The van der Waals surface area contributed by atoms with Gasteiger partial charge in [-0.15, -0.1) is 11.3 Å². The van der Waals surface area contributed by atoms with Gasteiger partial charge in [0.25, 0.3) is 0 Å². The number of fused-ring (bicyclic) bond motifs is 6. The highest BCUT2D eigenvalue weighted by atomic mass is 32.1. The van der Waals surface area contributed by atoms with Crippen molar-refractivity contribution in [2.75, 3.05) is 4.90 Å². The number of hydrogen-bond donors (Lipinski definition) is 0. The summed E-state index contributed by atoms with van der Waals surface area (Å²) in [6.07, 6.45) is 0. The zero-order chi connectivity index (χ0) is 27.9. The molecule has 0 aliphatic rings. The van der Waals surface area contributed by atoms with Crippen molar-refractivity contribution in [3.8, 4) is 21.7 Å². The predicted molar refractivity (Wildman–Crippen MR) is 180 cm³/mol. The van der Waals surface area contributed by atoms with E-state index < -0.39 is 0 Å². The maximum Gasteiger partial charge on any atom is 0.124 e. The highest BCUT2D eigenvalue weighted by Crippen LogP contribution is 2.41. The molecule has 0 bridgehead atoms. The summed E-state index contributed by atoms with van der Waals surface area (Å²) in [6.45, 7) is 0. The van der Waals surface area contributed by atoms with Gasteiger partial charge in [0.2, 0.25) is 0 Å². The summed E-state index contributed by atoms with van der Waals surface area (Å²) in [5.41, 5.74) is 7.98. The SMILES string of the molecule is c1ccc(-c2ccc(N(c3ccccc3)c3ccc(-c4nc5c6ccccc6c6ccccc6c5s4)cc3)cc2)cc1. The van der Waals surface area contributed by atoms with Gasteiger partial charge in [0, 0.05) is 33.4 Å². The smallest absolute Gasteiger partial charge is 0.124 e. The molecule has 7 aromatic carbocycles. The standard InChI is InChI=1S/C39H26N2S/c1-3-11-27(12-4-1)28-19-23-31(24-20-28)41(30-13-5-2-6-14-30)32-25-21-29(22-26-32)39-40-37-35-17-9-7-15-33(35)34-16-8-10-18-36(34)38(37)42-39/h1-26H. The van der Waals surface area contributed by atoms with Crippen molar-refractivity contribution in [2.45, 2.75) is 0 Å². The van der Waals surface area contributed by atoms with Crippen molar-refractivity contribution >= 4 is 60.2 Å². The molecule has 0 amide bonds. The van der Waals surface area contributed by atoms with Gasteiger partial charge in [0.15, 0.2) is 0 Å². The van der Waals surface area contributed by atoms with Gasteiger partial charge >= 0.3 is 0 Å². The molecule has 0 saturated heterocycles. The van der Waals surface area contributed by atoms with Crippen LogP contribution in [0.25, 0.3) is 53.5 Å². The number of para-hydroxylation sites is 1. The van der Waals surface area contributed by atoms with Crippen molar-refractivity contribution < 1.29 is 0 Å². The molecule has 0 aliphatic carbocycles. The molecule has 0 unspecified atom stereocenters. The minimum atomic E-state index is 1.04. The van der Waals surface area contributed by atoms with E-state index in [9.17, 15) is 0 Å². The molecule has 42 heavy (non-hydrogen) atoms. The van der Waals surface area contributed by atoms with Crippen LogP contribution >= 0.6 is 11.3 Å². The summed E-state index contributed by atoms with van der Waals surface area (Å²) in [7, 11) is 0. The van der Waals surface area contributed by atoms with E-state index >= 15 is 0 Å². The fourth-order valence-corrected chi connectivity index (χ4v) is 6.98. The molecule has 1 heterocycles. The van der Waals surface area contributed by atoms with E-state index in [1.54, 1.807) is 11.3 Å². The molecule has 0 atom stereocenters. The molecule has 0 aliphatic heterocycles. The van der Waals surface area contributed by atoms with Crippen LogP contribution in [0.2, 0.25) is 0 Å². The Balaban J connectivity index is 1.20. The number of nitrogens with zero attached hydrogens (tertiary/aromatic N) is 2. The molecule has 0 spiro atoms. The molecule has 3 heteroatoms. The van der Waals surface area contributed by atoms with Gasteiger partial charge in [-0.25, -0.2) is 4.98 Å². The second-order valence-electron chi connectivity index (χ2n) is 10.4. The van der Waals surface area contributed by atoms with Crippen molar-refractivity contribution in [3.63, 3.8) is 0 Å². The van der Waals surface area contributed by atoms with Crippen molar-refractivity contribution in [1.82, 2.24) is 4.98 Å². The summed E-state index contributed by atoms with van der Waals surface area (Å²) in [6, 6.07) is 56.0. The maximum atomic E-state index is 5.20. The first-order valence-electron chi connectivity index (χ1n) is 14.1. The lowest BCUT2D eigenvalue weighted by Gasteiger charge is -2.25. The summed E-state index contributed by atoms with van der Waals surface area (Å²) in [4.78, 5) is 7.50. The highest BCUT2D eigenvalue weighted by Gasteiger charge is 2.16. The molecule has 1 aromatic heterocycles. The topological polar surface area (TPSA) is 16.1 Å². The lowest BCUT2D eigenvalue weighted by atomic mass is 10.0. The van der Waals surface area contributed by atoms with E-state index in [0.29, 0.717) is 0 Å². The molecule has 8 aromatic rings.